The minimum Gasteiger partial charge on any atom is -0.349 e. The summed E-state index contributed by atoms with van der Waals surface area (Å²) in [6, 6.07) is 10.7. The fourth-order valence-electron chi connectivity index (χ4n) is 4.56. The van der Waals surface area contributed by atoms with Crippen molar-refractivity contribution in [1.29, 1.82) is 0 Å². The van der Waals surface area contributed by atoms with Gasteiger partial charge in [-0.25, -0.2) is 9.97 Å². The van der Waals surface area contributed by atoms with Gasteiger partial charge in [-0.2, -0.15) is 0 Å². The van der Waals surface area contributed by atoms with Gasteiger partial charge in [0.1, 0.15) is 10.7 Å². The van der Waals surface area contributed by atoms with Crippen molar-refractivity contribution in [3.63, 3.8) is 0 Å². The predicted octanol–water partition coefficient (Wildman–Crippen LogP) is 4.75. The smallest absolute Gasteiger partial charge is 0.261 e. The van der Waals surface area contributed by atoms with E-state index in [0.717, 1.165) is 45.3 Å². The maximum Gasteiger partial charge on any atom is 0.261 e. The summed E-state index contributed by atoms with van der Waals surface area (Å²) < 4.78 is 0. The lowest BCUT2D eigenvalue weighted by Gasteiger charge is -2.28. The Morgan fingerprint density at radius 2 is 1.90 bits per heavy atom. The molecule has 1 saturated carbocycles. The van der Waals surface area contributed by atoms with Crippen LogP contribution in [-0.4, -0.2) is 40.4 Å². The van der Waals surface area contributed by atoms with E-state index in [2.05, 4.69) is 34.5 Å². The van der Waals surface area contributed by atoms with Gasteiger partial charge >= 0.3 is 0 Å². The number of fused-ring (bicyclic) bond motifs is 1. The first-order valence-corrected chi connectivity index (χ1v) is 11.8. The lowest BCUT2D eigenvalue weighted by atomic mass is 10.1. The molecule has 0 bridgehead atoms. The van der Waals surface area contributed by atoms with Crippen molar-refractivity contribution < 1.29 is 4.79 Å². The van der Waals surface area contributed by atoms with Crippen LogP contribution in [0.3, 0.4) is 0 Å². The minimum atomic E-state index is 0.00278. The average Bonchev–Trinajstić information content (AvgIpc) is 3.36. The monoisotopic (exact) mass is 420 g/mol. The normalized spacial score (nSPS) is 18.1. The van der Waals surface area contributed by atoms with E-state index < -0.39 is 0 Å². The number of rotatable bonds is 6. The number of nitrogens with one attached hydrogen (secondary N) is 1. The van der Waals surface area contributed by atoms with E-state index in [1.165, 1.54) is 42.6 Å². The van der Waals surface area contributed by atoms with Gasteiger partial charge in [-0.15, -0.1) is 11.3 Å². The Labute approximate surface area is 181 Å². The van der Waals surface area contributed by atoms with E-state index >= 15 is 0 Å². The second-order valence-electron chi connectivity index (χ2n) is 8.56. The molecule has 1 aliphatic heterocycles. The molecule has 5 rings (SSSR count). The molecule has 3 aromatic rings. The Hall–Kier alpha value is -2.31. The van der Waals surface area contributed by atoms with Crippen molar-refractivity contribution in [1.82, 2.24) is 20.2 Å². The number of likely N-dealkylation sites (tertiary alicyclic amines) is 1. The third-order valence-corrected chi connectivity index (χ3v) is 7.54. The van der Waals surface area contributed by atoms with Gasteiger partial charge in [0.05, 0.1) is 16.6 Å². The average molecular weight is 421 g/mol. The molecule has 1 aromatic carbocycles. The Balaban J connectivity index is 1.38. The molecule has 0 radical (unpaired) electrons. The number of carbonyl (C=O) groups excluding carboxylic acids is 1. The maximum absolute atomic E-state index is 13.2. The Bertz CT molecular complexity index is 1070. The van der Waals surface area contributed by atoms with Crippen molar-refractivity contribution in [2.45, 2.75) is 51.5 Å². The van der Waals surface area contributed by atoms with Crippen LogP contribution in [-0.2, 0) is 0 Å². The van der Waals surface area contributed by atoms with E-state index in [0.29, 0.717) is 12.5 Å². The number of amides is 1. The molecule has 0 spiro atoms. The first kappa shape index (κ1) is 19.6. The highest BCUT2D eigenvalue weighted by molar-refractivity contribution is 7.20. The van der Waals surface area contributed by atoms with Crippen LogP contribution < -0.4 is 5.32 Å². The molecule has 1 amide bonds. The lowest BCUT2D eigenvalue weighted by Crippen LogP contribution is -2.36. The zero-order chi connectivity index (χ0) is 20.7. The largest absolute Gasteiger partial charge is 0.349 e. The van der Waals surface area contributed by atoms with Gasteiger partial charge in [0.15, 0.2) is 0 Å². The third kappa shape index (κ3) is 3.74. The molecular weight excluding hydrogens is 392 g/mol. The number of nitrogens with zero attached hydrogens (tertiary/aromatic N) is 3. The van der Waals surface area contributed by atoms with Crippen LogP contribution in [0.25, 0.3) is 10.2 Å². The van der Waals surface area contributed by atoms with Crippen LogP contribution in [0.5, 0.6) is 0 Å². The van der Waals surface area contributed by atoms with E-state index in [9.17, 15) is 4.79 Å². The van der Waals surface area contributed by atoms with Gasteiger partial charge in [0, 0.05) is 17.8 Å². The molecule has 2 aliphatic rings. The quantitative estimate of drug-likeness (QED) is 0.625. The molecule has 2 fully saturated rings. The Morgan fingerprint density at radius 1 is 1.17 bits per heavy atom. The third-order valence-electron chi connectivity index (χ3n) is 6.36. The summed E-state index contributed by atoms with van der Waals surface area (Å²) in [5.74, 6) is 1.47. The van der Waals surface area contributed by atoms with Crippen LogP contribution >= 0.6 is 11.3 Å². The van der Waals surface area contributed by atoms with Crippen LogP contribution in [0.1, 0.15) is 70.0 Å². The molecule has 2 aromatic heterocycles. The van der Waals surface area contributed by atoms with E-state index in [1.54, 1.807) is 0 Å². The number of aryl methyl sites for hydroxylation is 2. The summed E-state index contributed by atoms with van der Waals surface area (Å²) in [4.78, 5) is 26.9. The highest BCUT2D eigenvalue weighted by atomic mass is 32.1. The van der Waals surface area contributed by atoms with Gasteiger partial charge < -0.3 is 5.32 Å². The summed E-state index contributed by atoms with van der Waals surface area (Å²) in [5.41, 5.74) is 3.27. The summed E-state index contributed by atoms with van der Waals surface area (Å²) in [6.07, 6.45) is 4.82. The van der Waals surface area contributed by atoms with Gasteiger partial charge in [0.2, 0.25) is 0 Å². The Kier molecular flexibility index (Phi) is 5.29. The molecule has 1 unspecified atom stereocenters. The lowest BCUT2D eigenvalue weighted by molar-refractivity contribution is 0.0941. The van der Waals surface area contributed by atoms with Crippen molar-refractivity contribution >= 4 is 27.5 Å². The molecule has 6 heteroatoms. The van der Waals surface area contributed by atoms with E-state index in [1.807, 2.05) is 19.9 Å². The number of hydrogen-bond donors (Lipinski definition) is 1. The topological polar surface area (TPSA) is 58.1 Å². The second kappa shape index (κ2) is 8.08. The number of carbonyl (C=O) groups is 1. The zero-order valence-corrected chi connectivity index (χ0v) is 18.5. The number of benzene rings is 1. The number of hydrogen-bond acceptors (Lipinski definition) is 5. The number of thiophene rings is 1. The van der Waals surface area contributed by atoms with Crippen LogP contribution in [0.2, 0.25) is 0 Å². The summed E-state index contributed by atoms with van der Waals surface area (Å²) in [5, 5.41) is 4.28. The fraction of sp³-hybridized carbons (Fsp3) is 0.458. The number of aromatic nitrogens is 2. The molecule has 5 nitrogen and oxygen atoms in total. The van der Waals surface area contributed by atoms with Crippen molar-refractivity contribution in [3.05, 3.63) is 57.9 Å². The summed E-state index contributed by atoms with van der Waals surface area (Å²) >= 11 is 1.51. The minimum absolute atomic E-state index is 0.00278. The standard InChI is InChI=1S/C24H28N4OS/c1-15-20-16(2)26-22(18-10-11-18)27-24(20)30-21(15)23(29)25-14-19(28-12-6-7-13-28)17-8-4-3-5-9-17/h3-5,8-9,18-19H,6-7,10-14H2,1-2H3,(H,25,29). The summed E-state index contributed by atoms with van der Waals surface area (Å²) in [6.45, 7) is 6.87. The molecule has 3 heterocycles. The van der Waals surface area contributed by atoms with Crippen LogP contribution in [0.4, 0.5) is 0 Å². The van der Waals surface area contributed by atoms with Gasteiger partial charge in [-0.05, 0) is 63.7 Å². The highest BCUT2D eigenvalue weighted by Gasteiger charge is 2.29. The SMILES string of the molecule is Cc1nc(C2CC2)nc2sc(C(=O)NCC(c3ccccc3)N3CCCC3)c(C)c12. The molecule has 1 atom stereocenters. The first-order valence-electron chi connectivity index (χ1n) is 11.0. The first-order chi connectivity index (χ1) is 14.6. The molecule has 1 aliphatic carbocycles. The van der Waals surface area contributed by atoms with Crippen molar-refractivity contribution in [3.8, 4) is 0 Å². The second-order valence-corrected chi connectivity index (χ2v) is 9.56. The van der Waals surface area contributed by atoms with Gasteiger partial charge in [-0.3, -0.25) is 9.69 Å². The maximum atomic E-state index is 13.2. The predicted molar refractivity (Wildman–Crippen MR) is 121 cm³/mol. The zero-order valence-electron chi connectivity index (χ0n) is 17.6. The molecular formula is C24H28N4OS. The van der Waals surface area contributed by atoms with Crippen molar-refractivity contribution in [2.24, 2.45) is 0 Å². The van der Waals surface area contributed by atoms with E-state index in [4.69, 9.17) is 9.97 Å². The van der Waals surface area contributed by atoms with Crippen LogP contribution in [0.15, 0.2) is 30.3 Å². The van der Waals surface area contributed by atoms with Gasteiger partial charge in [-0.1, -0.05) is 30.3 Å². The molecule has 1 saturated heterocycles. The fourth-order valence-corrected chi connectivity index (χ4v) is 5.71. The van der Waals surface area contributed by atoms with E-state index in [-0.39, 0.29) is 11.9 Å². The highest BCUT2D eigenvalue weighted by Crippen LogP contribution is 2.40. The Morgan fingerprint density at radius 3 is 2.60 bits per heavy atom. The van der Waals surface area contributed by atoms with Gasteiger partial charge in [0.25, 0.3) is 5.91 Å². The molecule has 30 heavy (non-hydrogen) atoms. The molecule has 156 valence electrons. The van der Waals surface area contributed by atoms with Crippen molar-refractivity contribution in [2.75, 3.05) is 19.6 Å². The van der Waals surface area contributed by atoms with Crippen LogP contribution in [0, 0.1) is 13.8 Å². The molecule has 1 N–H and O–H groups in total. The summed E-state index contributed by atoms with van der Waals surface area (Å²) in [7, 11) is 0.